The van der Waals surface area contributed by atoms with Gasteiger partial charge in [0.05, 0.1) is 22.8 Å². The Labute approximate surface area is 161 Å². The molecule has 1 aliphatic heterocycles. The minimum atomic E-state index is -0.711. The van der Waals surface area contributed by atoms with Crippen molar-refractivity contribution < 1.29 is 14.3 Å². The van der Waals surface area contributed by atoms with E-state index in [9.17, 15) is 9.59 Å². The second-order valence-corrected chi connectivity index (χ2v) is 6.57. The minimum Gasteiger partial charge on any atom is -0.473 e. The zero-order valence-corrected chi connectivity index (χ0v) is 15.1. The Morgan fingerprint density at radius 2 is 1.79 bits per heavy atom. The molecule has 1 fully saturated rings. The van der Waals surface area contributed by atoms with Crippen LogP contribution in [0.1, 0.15) is 33.7 Å². The molecule has 2 aromatic heterocycles. The highest BCUT2D eigenvalue weighted by Gasteiger charge is 2.27. The molecule has 8 heteroatoms. The van der Waals surface area contributed by atoms with E-state index in [2.05, 4.69) is 15.0 Å². The molecule has 3 heterocycles. The van der Waals surface area contributed by atoms with Gasteiger partial charge in [0.2, 0.25) is 5.88 Å². The monoisotopic (exact) mass is 377 g/mol. The summed E-state index contributed by atoms with van der Waals surface area (Å²) < 4.78 is 5.96. The molecular formula is C20H19N5O3. The topological polar surface area (TPSA) is 111 Å². The Morgan fingerprint density at radius 3 is 2.54 bits per heavy atom. The van der Waals surface area contributed by atoms with E-state index >= 15 is 0 Å². The number of para-hydroxylation sites is 2. The third-order valence-corrected chi connectivity index (χ3v) is 4.71. The predicted molar refractivity (Wildman–Crippen MR) is 102 cm³/mol. The minimum absolute atomic E-state index is 0.00249. The summed E-state index contributed by atoms with van der Waals surface area (Å²) in [5.41, 5.74) is 7.15. The zero-order chi connectivity index (χ0) is 19.5. The van der Waals surface area contributed by atoms with Crippen LogP contribution in [0.4, 0.5) is 0 Å². The molecule has 0 radical (unpaired) electrons. The van der Waals surface area contributed by atoms with E-state index in [1.54, 1.807) is 23.2 Å². The average molecular weight is 377 g/mol. The molecular weight excluding hydrogens is 358 g/mol. The van der Waals surface area contributed by atoms with Crippen molar-refractivity contribution in [3.63, 3.8) is 0 Å². The van der Waals surface area contributed by atoms with Crippen molar-refractivity contribution in [2.24, 2.45) is 5.73 Å². The summed E-state index contributed by atoms with van der Waals surface area (Å²) in [6.45, 7) is 1.02. The summed E-state index contributed by atoms with van der Waals surface area (Å²) in [6, 6.07) is 10.8. The number of carbonyl (C=O) groups is 2. The molecule has 0 unspecified atom stereocenters. The van der Waals surface area contributed by atoms with Gasteiger partial charge in [-0.1, -0.05) is 12.1 Å². The second kappa shape index (κ2) is 7.59. The van der Waals surface area contributed by atoms with Crippen molar-refractivity contribution in [3.8, 4) is 5.88 Å². The first-order valence-electron chi connectivity index (χ1n) is 9.04. The molecule has 142 valence electrons. The lowest BCUT2D eigenvalue weighted by atomic mass is 10.1. The van der Waals surface area contributed by atoms with Crippen LogP contribution < -0.4 is 10.5 Å². The number of carbonyl (C=O) groups excluding carboxylic acids is 2. The van der Waals surface area contributed by atoms with Crippen LogP contribution in [-0.2, 0) is 0 Å². The Morgan fingerprint density at radius 1 is 1.04 bits per heavy atom. The van der Waals surface area contributed by atoms with Gasteiger partial charge in [0.15, 0.2) is 0 Å². The fraction of sp³-hybridized carbons (Fsp3) is 0.250. The number of hydrogen-bond donors (Lipinski definition) is 1. The van der Waals surface area contributed by atoms with Gasteiger partial charge in [-0.15, -0.1) is 0 Å². The van der Waals surface area contributed by atoms with Crippen LogP contribution in [0.5, 0.6) is 5.88 Å². The van der Waals surface area contributed by atoms with Gasteiger partial charge in [-0.3, -0.25) is 14.6 Å². The van der Waals surface area contributed by atoms with Crippen molar-refractivity contribution in [1.29, 1.82) is 0 Å². The summed E-state index contributed by atoms with van der Waals surface area (Å²) in [4.78, 5) is 38.7. The number of hydrogen-bond acceptors (Lipinski definition) is 6. The van der Waals surface area contributed by atoms with E-state index < -0.39 is 5.91 Å². The lowest BCUT2D eigenvalue weighted by Gasteiger charge is -2.32. The van der Waals surface area contributed by atoms with Crippen LogP contribution in [0.15, 0.2) is 48.8 Å². The van der Waals surface area contributed by atoms with Crippen molar-refractivity contribution in [2.75, 3.05) is 13.1 Å². The van der Waals surface area contributed by atoms with Crippen molar-refractivity contribution in [3.05, 3.63) is 60.0 Å². The molecule has 1 aromatic carbocycles. The maximum absolute atomic E-state index is 12.8. The van der Waals surface area contributed by atoms with E-state index in [1.807, 2.05) is 24.3 Å². The molecule has 0 spiro atoms. The summed E-state index contributed by atoms with van der Waals surface area (Å²) in [6.07, 6.45) is 4.33. The van der Waals surface area contributed by atoms with Crippen LogP contribution in [0.3, 0.4) is 0 Å². The molecule has 2 N–H and O–H groups in total. The molecule has 1 aliphatic rings. The number of primary amides is 1. The first kappa shape index (κ1) is 17.8. The number of aromatic nitrogens is 3. The normalized spacial score (nSPS) is 14.8. The molecule has 0 saturated carbocycles. The molecule has 8 nitrogen and oxygen atoms in total. The van der Waals surface area contributed by atoms with Crippen molar-refractivity contribution >= 4 is 22.8 Å². The summed E-state index contributed by atoms with van der Waals surface area (Å²) >= 11 is 0. The van der Waals surface area contributed by atoms with Crippen molar-refractivity contribution in [2.45, 2.75) is 18.9 Å². The Bertz CT molecular complexity index is 1030. The highest BCUT2D eigenvalue weighted by Crippen LogP contribution is 2.20. The van der Waals surface area contributed by atoms with E-state index in [0.717, 1.165) is 11.0 Å². The number of likely N-dealkylation sites (tertiary alicyclic amines) is 1. The number of piperidine rings is 1. The third kappa shape index (κ3) is 3.62. The Kier molecular flexibility index (Phi) is 4.84. The fourth-order valence-corrected chi connectivity index (χ4v) is 3.29. The quantitative estimate of drug-likeness (QED) is 0.742. The lowest BCUT2D eigenvalue weighted by molar-refractivity contribution is 0.0584. The average Bonchev–Trinajstić information content (AvgIpc) is 2.73. The smallest absolute Gasteiger partial charge is 0.268 e. The fourth-order valence-electron chi connectivity index (χ4n) is 3.29. The predicted octanol–water partition coefficient (Wildman–Crippen LogP) is 1.81. The number of nitrogens with zero attached hydrogens (tertiary/aromatic N) is 4. The van der Waals surface area contributed by atoms with Crippen LogP contribution >= 0.6 is 0 Å². The first-order valence-corrected chi connectivity index (χ1v) is 9.04. The highest BCUT2D eigenvalue weighted by molar-refractivity contribution is 6.05. The van der Waals surface area contributed by atoms with Gasteiger partial charge in [-0.05, 0) is 24.3 Å². The van der Waals surface area contributed by atoms with Gasteiger partial charge in [0, 0.05) is 32.1 Å². The first-order chi connectivity index (χ1) is 13.6. The van der Waals surface area contributed by atoms with Gasteiger partial charge < -0.3 is 15.4 Å². The zero-order valence-electron chi connectivity index (χ0n) is 15.1. The van der Waals surface area contributed by atoms with E-state index in [4.69, 9.17) is 10.5 Å². The molecule has 2 amide bonds. The van der Waals surface area contributed by atoms with Crippen LogP contribution in [0.2, 0.25) is 0 Å². The van der Waals surface area contributed by atoms with Gasteiger partial charge in [-0.25, -0.2) is 9.97 Å². The number of benzene rings is 1. The van der Waals surface area contributed by atoms with Gasteiger partial charge in [0.1, 0.15) is 11.8 Å². The van der Waals surface area contributed by atoms with E-state index in [0.29, 0.717) is 31.8 Å². The van der Waals surface area contributed by atoms with Crippen LogP contribution in [-0.4, -0.2) is 50.9 Å². The number of fused-ring (bicyclic) bond motifs is 1. The Hall–Kier alpha value is -3.55. The number of ether oxygens (including phenoxy) is 1. The van der Waals surface area contributed by atoms with Crippen molar-refractivity contribution in [1.82, 2.24) is 19.9 Å². The number of rotatable bonds is 4. The SMILES string of the molecule is NC(=O)c1ncccc1C(=O)N1CCC(Oc2cnc3ccccc3n2)CC1. The maximum atomic E-state index is 12.8. The van der Waals surface area contributed by atoms with Gasteiger partial charge >= 0.3 is 0 Å². The molecule has 0 bridgehead atoms. The molecule has 0 atom stereocenters. The second-order valence-electron chi connectivity index (χ2n) is 6.57. The number of nitrogens with two attached hydrogens (primary N) is 1. The van der Waals surface area contributed by atoms with Gasteiger partial charge in [-0.2, -0.15) is 0 Å². The summed E-state index contributed by atoms with van der Waals surface area (Å²) in [5, 5.41) is 0. The molecule has 3 aromatic rings. The van der Waals surface area contributed by atoms with Crippen LogP contribution in [0, 0.1) is 0 Å². The standard InChI is InChI=1S/C20H19N5O3/c21-19(26)18-14(4-3-9-22-18)20(27)25-10-7-13(8-11-25)28-17-12-23-15-5-1-2-6-16(15)24-17/h1-6,9,12-13H,7-8,10-11H2,(H2,21,26). The molecule has 28 heavy (non-hydrogen) atoms. The van der Waals surface area contributed by atoms with Gasteiger partial charge in [0.25, 0.3) is 11.8 Å². The number of amides is 2. The Balaban J connectivity index is 1.40. The maximum Gasteiger partial charge on any atom is 0.268 e. The highest BCUT2D eigenvalue weighted by atomic mass is 16.5. The van der Waals surface area contributed by atoms with E-state index in [-0.39, 0.29) is 23.3 Å². The lowest BCUT2D eigenvalue weighted by Crippen LogP contribution is -2.42. The number of pyridine rings is 1. The third-order valence-electron chi connectivity index (χ3n) is 4.71. The largest absolute Gasteiger partial charge is 0.473 e. The van der Waals surface area contributed by atoms with E-state index in [1.165, 1.54) is 6.20 Å². The summed E-state index contributed by atoms with van der Waals surface area (Å²) in [7, 11) is 0. The van der Waals surface area contributed by atoms with Crippen LogP contribution in [0.25, 0.3) is 11.0 Å². The summed E-state index contributed by atoms with van der Waals surface area (Å²) in [5.74, 6) is -0.477. The molecule has 0 aliphatic carbocycles. The molecule has 1 saturated heterocycles. The molecule has 4 rings (SSSR count).